The molecule has 3 rings (SSSR count). The molecule has 0 unspecified atom stereocenters. The smallest absolute Gasteiger partial charge is 0.147 e. The van der Waals surface area contributed by atoms with E-state index in [-0.39, 0.29) is 0 Å². The molecule has 0 bridgehead atoms. The van der Waals surface area contributed by atoms with E-state index in [2.05, 4.69) is 5.32 Å². The first-order chi connectivity index (χ1) is 10.1. The summed E-state index contributed by atoms with van der Waals surface area (Å²) >= 11 is 18.2. The van der Waals surface area contributed by atoms with E-state index in [1.165, 1.54) is 12.8 Å². The maximum absolute atomic E-state index is 6.17. The monoisotopic (exact) mass is 341 g/mol. The van der Waals surface area contributed by atoms with E-state index in [4.69, 9.17) is 39.5 Å². The molecule has 1 fully saturated rings. The number of nitrogens with one attached hydrogen (secondary N) is 1. The van der Waals surface area contributed by atoms with Crippen LogP contribution in [0.4, 0.5) is 0 Å². The molecular weight excluding hydrogens is 329 g/mol. The van der Waals surface area contributed by atoms with E-state index in [0.717, 1.165) is 12.1 Å². The fourth-order valence-corrected chi connectivity index (χ4v) is 2.49. The van der Waals surface area contributed by atoms with E-state index in [1.807, 2.05) is 12.1 Å². The Balaban J connectivity index is 1.85. The topological polar surface area (TPSA) is 21.3 Å². The van der Waals surface area contributed by atoms with Crippen molar-refractivity contribution in [3.8, 4) is 11.5 Å². The van der Waals surface area contributed by atoms with Gasteiger partial charge in [-0.3, -0.25) is 0 Å². The molecule has 1 aliphatic carbocycles. The molecule has 21 heavy (non-hydrogen) atoms. The Morgan fingerprint density at radius 3 is 2.62 bits per heavy atom. The SMILES string of the molecule is Clc1ccc(CNC2CC2)c(Oc2cccc(Cl)c2Cl)c1. The van der Waals surface area contributed by atoms with Crippen LogP contribution < -0.4 is 10.1 Å². The Labute approximate surface area is 139 Å². The molecule has 2 aromatic rings. The second-order valence-corrected chi connectivity index (χ2v) is 6.28. The van der Waals surface area contributed by atoms with Crippen LogP contribution in [0.1, 0.15) is 18.4 Å². The summed E-state index contributed by atoms with van der Waals surface area (Å²) in [4.78, 5) is 0. The molecule has 1 N–H and O–H groups in total. The van der Waals surface area contributed by atoms with Crippen LogP contribution in [0.25, 0.3) is 0 Å². The maximum atomic E-state index is 6.17. The lowest BCUT2D eigenvalue weighted by atomic mass is 10.2. The van der Waals surface area contributed by atoms with Gasteiger partial charge in [-0.15, -0.1) is 0 Å². The van der Waals surface area contributed by atoms with Gasteiger partial charge in [-0.25, -0.2) is 0 Å². The molecule has 0 radical (unpaired) electrons. The van der Waals surface area contributed by atoms with Crippen LogP contribution in [0.15, 0.2) is 36.4 Å². The summed E-state index contributed by atoms with van der Waals surface area (Å²) in [7, 11) is 0. The van der Waals surface area contributed by atoms with Gasteiger partial charge >= 0.3 is 0 Å². The molecule has 0 atom stereocenters. The molecule has 2 nitrogen and oxygen atoms in total. The highest BCUT2D eigenvalue weighted by Gasteiger charge is 2.21. The van der Waals surface area contributed by atoms with E-state index in [0.29, 0.717) is 32.6 Å². The minimum atomic E-state index is 0.403. The van der Waals surface area contributed by atoms with E-state index >= 15 is 0 Å². The van der Waals surface area contributed by atoms with Crippen LogP contribution in [0.5, 0.6) is 11.5 Å². The van der Waals surface area contributed by atoms with Crippen molar-refractivity contribution in [3.05, 3.63) is 57.0 Å². The lowest BCUT2D eigenvalue weighted by Crippen LogP contribution is -2.15. The highest BCUT2D eigenvalue weighted by atomic mass is 35.5. The third kappa shape index (κ3) is 3.83. The van der Waals surface area contributed by atoms with Gasteiger partial charge in [0.2, 0.25) is 0 Å². The molecule has 110 valence electrons. The lowest BCUT2D eigenvalue weighted by molar-refractivity contribution is 0.473. The normalized spacial score (nSPS) is 14.2. The van der Waals surface area contributed by atoms with Crippen LogP contribution in [-0.2, 0) is 6.54 Å². The first-order valence-electron chi connectivity index (χ1n) is 6.77. The van der Waals surface area contributed by atoms with Gasteiger partial charge in [0, 0.05) is 23.2 Å². The highest BCUT2D eigenvalue weighted by molar-refractivity contribution is 6.42. The van der Waals surface area contributed by atoms with Crippen molar-refractivity contribution in [2.45, 2.75) is 25.4 Å². The van der Waals surface area contributed by atoms with Crippen LogP contribution in [-0.4, -0.2) is 6.04 Å². The largest absolute Gasteiger partial charge is 0.455 e. The van der Waals surface area contributed by atoms with Crippen LogP contribution in [0.3, 0.4) is 0 Å². The highest BCUT2D eigenvalue weighted by Crippen LogP contribution is 2.36. The van der Waals surface area contributed by atoms with Crippen LogP contribution >= 0.6 is 34.8 Å². The van der Waals surface area contributed by atoms with Crippen molar-refractivity contribution in [3.63, 3.8) is 0 Å². The van der Waals surface area contributed by atoms with Crippen molar-refractivity contribution < 1.29 is 4.74 Å². The molecule has 0 aliphatic heterocycles. The number of ether oxygens (including phenoxy) is 1. The molecule has 5 heteroatoms. The summed E-state index contributed by atoms with van der Waals surface area (Å²) in [5, 5.41) is 4.96. The zero-order chi connectivity index (χ0) is 14.8. The third-order valence-corrected chi connectivity index (χ3v) is 4.36. The number of rotatable bonds is 5. The van der Waals surface area contributed by atoms with E-state index in [1.54, 1.807) is 24.3 Å². The first-order valence-corrected chi connectivity index (χ1v) is 7.90. The predicted molar refractivity (Wildman–Crippen MR) is 87.8 cm³/mol. The second-order valence-electron chi connectivity index (χ2n) is 5.06. The third-order valence-electron chi connectivity index (χ3n) is 3.32. The predicted octanol–water partition coefficient (Wildman–Crippen LogP) is 5.69. The van der Waals surface area contributed by atoms with Crippen molar-refractivity contribution in [2.75, 3.05) is 0 Å². The van der Waals surface area contributed by atoms with Crippen LogP contribution in [0.2, 0.25) is 15.1 Å². The Kier molecular flexibility index (Phi) is 4.60. The summed E-state index contributed by atoms with van der Waals surface area (Å²) < 4.78 is 5.91. The van der Waals surface area contributed by atoms with Gasteiger partial charge in [0.1, 0.15) is 16.5 Å². The van der Waals surface area contributed by atoms with Gasteiger partial charge in [-0.05, 0) is 37.1 Å². The van der Waals surface area contributed by atoms with Gasteiger partial charge in [0.15, 0.2) is 0 Å². The fourth-order valence-electron chi connectivity index (χ4n) is 1.99. The Morgan fingerprint density at radius 2 is 1.86 bits per heavy atom. The van der Waals surface area contributed by atoms with Gasteiger partial charge < -0.3 is 10.1 Å². The zero-order valence-corrected chi connectivity index (χ0v) is 13.5. The molecule has 0 heterocycles. The Hall–Kier alpha value is -0.930. The van der Waals surface area contributed by atoms with Gasteiger partial charge in [-0.1, -0.05) is 46.9 Å². The molecule has 0 spiro atoms. The maximum Gasteiger partial charge on any atom is 0.147 e. The Morgan fingerprint density at radius 1 is 1.05 bits per heavy atom. The standard InChI is InChI=1S/C16H14Cl3NO/c17-11-5-4-10(9-20-12-6-7-12)15(8-11)21-14-3-1-2-13(18)16(14)19/h1-5,8,12,20H,6-7,9H2. The van der Waals surface area contributed by atoms with Crippen molar-refractivity contribution in [1.82, 2.24) is 5.32 Å². The summed E-state index contributed by atoms with van der Waals surface area (Å²) in [6.07, 6.45) is 2.48. The van der Waals surface area contributed by atoms with Crippen molar-refractivity contribution in [2.24, 2.45) is 0 Å². The molecule has 1 saturated carbocycles. The van der Waals surface area contributed by atoms with Gasteiger partial charge in [0.25, 0.3) is 0 Å². The molecule has 0 aromatic heterocycles. The van der Waals surface area contributed by atoms with E-state index in [9.17, 15) is 0 Å². The molecule has 0 amide bonds. The molecule has 2 aromatic carbocycles. The quantitative estimate of drug-likeness (QED) is 0.753. The molecule has 0 saturated heterocycles. The summed E-state index contributed by atoms with van der Waals surface area (Å²) in [6, 6.07) is 11.6. The summed E-state index contributed by atoms with van der Waals surface area (Å²) in [5.41, 5.74) is 1.04. The van der Waals surface area contributed by atoms with E-state index < -0.39 is 0 Å². The van der Waals surface area contributed by atoms with Gasteiger partial charge in [-0.2, -0.15) is 0 Å². The second kappa shape index (κ2) is 6.45. The first kappa shape index (κ1) is 15.0. The average molecular weight is 343 g/mol. The summed E-state index contributed by atoms with van der Waals surface area (Å²) in [5.74, 6) is 1.22. The number of halogens is 3. The fraction of sp³-hybridized carbons (Fsp3) is 0.250. The molecular formula is C16H14Cl3NO. The number of hydrogen-bond donors (Lipinski definition) is 1. The minimum Gasteiger partial charge on any atom is -0.455 e. The lowest BCUT2D eigenvalue weighted by Gasteiger charge is -2.13. The number of hydrogen-bond acceptors (Lipinski definition) is 2. The van der Waals surface area contributed by atoms with Crippen molar-refractivity contribution in [1.29, 1.82) is 0 Å². The van der Waals surface area contributed by atoms with Crippen LogP contribution in [0, 0.1) is 0 Å². The zero-order valence-electron chi connectivity index (χ0n) is 11.2. The molecule has 1 aliphatic rings. The Bertz CT molecular complexity index is 656. The van der Waals surface area contributed by atoms with Gasteiger partial charge in [0.05, 0.1) is 5.02 Å². The number of benzene rings is 2. The average Bonchev–Trinajstić information content (AvgIpc) is 3.27. The van der Waals surface area contributed by atoms with Crippen molar-refractivity contribution >= 4 is 34.8 Å². The summed E-state index contributed by atoms with van der Waals surface area (Å²) in [6.45, 7) is 0.745. The minimum absolute atomic E-state index is 0.403.